The van der Waals surface area contributed by atoms with E-state index in [4.69, 9.17) is 24.4 Å². The molecule has 0 fully saturated rings. The van der Waals surface area contributed by atoms with Crippen LogP contribution in [0.5, 0.6) is 0 Å². The smallest absolute Gasteiger partial charge is 0.168 e. The number of hydrogen-bond acceptors (Lipinski definition) is 2. The third-order valence-electron chi connectivity index (χ3n) is 2.36. The Hall–Kier alpha value is -0.620. The van der Waals surface area contributed by atoms with Gasteiger partial charge < -0.3 is 20.4 Å². The molecule has 0 aliphatic heterocycles. The predicted octanol–water partition coefficient (Wildman–Crippen LogP) is 0.639. The van der Waals surface area contributed by atoms with Crippen molar-refractivity contribution in [3.05, 3.63) is 0 Å². The van der Waals surface area contributed by atoms with Crippen molar-refractivity contribution in [2.24, 2.45) is 0 Å². The van der Waals surface area contributed by atoms with Crippen molar-refractivity contribution in [3.63, 3.8) is 0 Å². The third-order valence-corrected chi connectivity index (χ3v) is 3.39. The fourth-order valence-electron chi connectivity index (χ4n) is 1.28. The number of nitrogens with zero attached hydrogens (tertiary/aromatic N) is 2. The summed E-state index contributed by atoms with van der Waals surface area (Å²) in [5.41, 5.74) is 0. The van der Waals surface area contributed by atoms with Crippen LogP contribution in [0.4, 0.5) is 0 Å². The van der Waals surface area contributed by atoms with E-state index in [1.54, 1.807) is 0 Å². The van der Waals surface area contributed by atoms with Gasteiger partial charge in [-0.05, 0) is 37.3 Å². The summed E-state index contributed by atoms with van der Waals surface area (Å²) in [5, 5.41) is 7.50. The van der Waals surface area contributed by atoms with Gasteiger partial charge in [-0.25, -0.2) is 0 Å². The van der Waals surface area contributed by atoms with Crippen molar-refractivity contribution >= 4 is 34.7 Å². The summed E-state index contributed by atoms with van der Waals surface area (Å²) in [6.45, 7) is 1.94. The Bertz CT molecular complexity index is 209. The van der Waals surface area contributed by atoms with E-state index >= 15 is 0 Å². The van der Waals surface area contributed by atoms with Crippen molar-refractivity contribution < 1.29 is 0 Å². The Balaban J connectivity index is 3.60. The molecule has 4 nitrogen and oxygen atoms in total. The summed E-state index contributed by atoms with van der Waals surface area (Å²) < 4.78 is 0. The van der Waals surface area contributed by atoms with Crippen LogP contribution >= 0.6 is 24.4 Å². The molecule has 6 heteroatoms. The van der Waals surface area contributed by atoms with Gasteiger partial charge in [0.05, 0.1) is 0 Å². The maximum Gasteiger partial charge on any atom is 0.168 e. The first-order chi connectivity index (χ1) is 7.52. The molecule has 0 aliphatic rings. The van der Waals surface area contributed by atoms with Gasteiger partial charge >= 0.3 is 0 Å². The number of thiocarbonyl (C=S) groups is 2. The van der Waals surface area contributed by atoms with Crippen LogP contribution in [-0.2, 0) is 0 Å². The molecule has 94 valence electrons. The van der Waals surface area contributed by atoms with Gasteiger partial charge in [0, 0.05) is 41.3 Å². The highest BCUT2D eigenvalue weighted by Gasteiger charge is 2.03. The third kappa shape index (κ3) is 6.07. The average Bonchev–Trinajstić information content (AvgIpc) is 2.31. The molecular weight excluding hydrogens is 240 g/mol. The van der Waals surface area contributed by atoms with Crippen LogP contribution in [0.3, 0.4) is 0 Å². The van der Waals surface area contributed by atoms with Crippen molar-refractivity contribution in [1.29, 1.82) is 0 Å². The van der Waals surface area contributed by atoms with E-state index in [1.807, 2.05) is 38.0 Å². The van der Waals surface area contributed by atoms with Crippen molar-refractivity contribution in [2.75, 3.05) is 41.3 Å². The van der Waals surface area contributed by atoms with E-state index in [-0.39, 0.29) is 0 Å². The number of hydrogen-bond donors (Lipinski definition) is 2. The summed E-state index contributed by atoms with van der Waals surface area (Å²) in [4.78, 5) is 4.09. The molecule has 0 bridgehead atoms. The Morgan fingerprint density at radius 2 is 1.19 bits per heavy atom. The highest BCUT2D eigenvalue weighted by Crippen LogP contribution is 1.96. The van der Waals surface area contributed by atoms with Gasteiger partial charge in [-0.3, -0.25) is 0 Å². The molecule has 16 heavy (non-hydrogen) atoms. The van der Waals surface area contributed by atoms with E-state index in [0.717, 1.165) is 36.2 Å². The summed E-state index contributed by atoms with van der Waals surface area (Å²) in [5.74, 6) is 0. The second kappa shape index (κ2) is 8.52. The molecule has 0 aromatic carbocycles. The molecule has 0 amide bonds. The van der Waals surface area contributed by atoms with E-state index in [1.165, 1.54) is 0 Å². The number of unbranched alkanes of at least 4 members (excludes halogenated alkanes) is 1. The summed E-state index contributed by atoms with van der Waals surface area (Å²) in [6.07, 6.45) is 2.21. The maximum atomic E-state index is 5.11. The lowest BCUT2D eigenvalue weighted by Crippen LogP contribution is -2.37. The first kappa shape index (κ1) is 15.4. The molecule has 2 N–H and O–H groups in total. The van der Waals surface area contributed by atoms with Crippen LogP contribution in [-0.4, -0.2) is 61.3 Å². The van der Waals surface area contributed by atoms with Gasteiger partial charge in [0.25, 0.3) is 0 Å². The lowest BCUT2D eigenvalue weighted by molar-refractivity contribution is 0.428. The molecule has 0 unspecified atom stereocenters. The van der Waals surface area contributed by atoms with Gasteiger partial charge in [0.1, 0.15) is 0 Å². The molecule has 0 saturated heterocycles. The molecule has 0 aromatic rings. The highest BCUT2D eigenvalue weighted by atomic mass is 32.1. The maximum absolute atomic E-state index is 5.11. The van der Waals surface area contributed by atoms with Gasteiger partial charge in [-0.2, -0.15) is 0 Å². The molecule has 0 aromatic heterocycles. The minimum atomic E-state index is 0.791. The van der Waals surface area contributed by atoms with Gasteiger partial charge in [-0.1, -0.05) is 0 Å². The molecule has 0 aliphatic carbocycles. The van der Waals surface area contributed by atoms with Crippen LogP contribution in [0.25, 0.3) is 0 Å². The summed E-state index contributed by atoms with van der Waals surface area (Å²) in [7, 11) is 7.69. The Morgan fingerprint density at radius 3 is 1.44 bits per heavy atom. The first-order valence-electron chi connectivity index (χ1n) is 5.38. The largest absolute Gasteiger partial charge is 0.366 e. The normalized spacial score (nSPS) is 9.50. The molecule has 0 heterocycles. The molecule has 0 spiro atoms. The minimum Gasteiger partial charge on any atom is -0.366 e. The fraction of sp³-hybridized carbons (Fsp3) is 0.800. The van der Waals surface area contributed by atoms with Crippen LogP contribution in [0.1, 0.15) is 12.8 Å². The van der Waals surface area contributed by atoms with Crippen molar-refractivity contribution in [1.82, 2.24) is 20.4 Å². The Morgan fingerprint density at radius 1 is 0.875 bits per heavy atom. The van der Waals surface area contributed by atoms with Crippen LogP contribution in [0.2, 0.25) is 0 Å². The Kier molecular flexibility index (Phi) is 8.19. The number of rotatable bonds is 5. The summed E-state index contributed by atoms with van der Waals surface area (Å²) >= 11 is 10.2. The van der Waals surface area contributed by atoms with Gasteiger partial charge in [0.2, 0.25) is 0 Å². The fourth-order valence-corrected chi connectivity index (χ4v) is 1.47. The van der Waals surface area contributed by atoms with Crippen molar-refractivity contribution in [2.45, 2.75) is 12.8 Å². The minimum absolute atomic E-state index is 0.791. The highest BCUT2D eigenvalue weighted by molar-refractivity contribution is 7.80. The second-order valence-corrected chi connectivity index (χ2v) is 4.43. The average molecular weight is 262 g/mol. The van der Waals surface area contributed by atoms with Crippen molar-refractivity contribution in [3.8, 4) is 0 Å². The lowest BCUT2D eigenvalue weighted by atomic mass is 10.3. The van der Waals surface area contributed by atoms with E-state index < -0.39 is 0 Å². The van der Waals surface area contributed by atoms with E-state index in [9.17, 15) is 0 Å². The quantitative estimate of drug-likeness (QED) is 0.558. The first-order valence-corrected chi connectivity index (χ1v) is 6.20. The van der Waals surface area contributed by atoms with Crippen LogP contribution < -0.4 is 10.6 Å². The number of nitrogens with one attached hydrogen (secondary N) is 2. The molecule has 0 rings (SSSR count). The zero-order chi connectivity index (χ0) is 12.6. The monoisotopic (exact) mass is 262 g/mol. The standard InChI is InChI=1S/C10H22N4S2/c1-11-9(15)13(3)7-5-6-8-14(4)10(16)12-2/h5-8H2,1-4H3,(H,11,15)(H,12,16). The van der Waals surface area contributed by atoms with Gasteiger partial charge in [0.15, 0.2) is 10.2 Å². The SMILES string of the molecule is CNC(=S)N(C)CCCCN(C)C(=S)NC. The predicted molar refractivity (Wildman–Crippen MR) is 77.8 cm³/mol. The van der Waals surface area contributed by atoms with E-state index in [2.05, 4.69) is 10.6 Å². The van der Waals surface area contributed by atoms with Gasteiger partial charge in [-0.15, -0.1) is 0 Å². The topological polar surface area (TPSA) is 30.5 Å². The summed E-state index contributed by atoms with van der Waals surface area (Å²) in [6, 6.07) is 0. The zero-order valence-corrected chi connectivity index (χ0v) is 12.2. The molecular formula is C10H22N4S2. The van der Waals surface area contributed by atoms with Crippen LogP contribution in [0.15, 0.2) is 0 Å². The Labute approximate surface area is 109 Å². The zero-order valence-electron chi connectivity index (χ0n) is 10.5. The molecule has 0 saturated carbocycles. The molecule has 0 atom stereocenters. The lowest BCUT2D eigenvalue weighted by Gasteiger charge is -2.21. The van der Waals surface area contributed by atoms with E-state index in [0.29, 0.717) is 0 Å². The second-order valence-electron chi connectivity index (χ2n) is 3.66. The van der Waals surface area contributed by atoms with Crippen LogP contribution in [0, 0.1) is 0 Å². The molecule has 0 radical (unpaired) electrons.